The minimum absolute atomic E-state index is 0.193. The van der Waals surface area contributed by atoms with E-state index < -0.39 is 10.1 Å². The molecule has 0 aromatic heterocycles. The van der Waals surface area contributed by atoms with Gasteiger partial charge in [0.05, 0.1) is 17.2 Å². The van der Waals surface area contributed by atoms with Crippen molar-refractivity contribution >= 4 is 10.1 Å². The number of unbranched alkanes of at least 4 members (excludes halogenated alkanes) is 7. The second-order valence-corrected chi connectivity index (χ2v) is 5.26. The Kier molecular flexibility index (Phi) is 14.7. The average molecular weight is 253 g/mol. The van der Waals surface area contributed by atoms with Crippen LogP contribution in [0.3, 0.4) is 0 Å². The van der Waals surface area contributed by atoms with Crippen LogP contribution < -0.4 is 5.73 Å². The van der Waals surface area contributed by atoms with Crippen molar-refractivity contribution in [1.82, 2.24) is 0 Å². The fraction of sp³-hybridized carbons (Fsp3) is 1.00. The average Bonchev–Trinajstić information content (AvgIpc) is 2.23. The highest BCUT2D eigenvalue weighted by Gasteiger charge is 1.95. The maximum absolute atomic E-state index is 10.2. The SMILES string of the molecule is CCCCCCCCCCS(=O)(=O)[O-].C[NH3+]. The molecule has 0 atom stereocenters. The van der Waals surface area contributed by atoms with Gasteiger partial charge < -0.3 is 10.3 Å². The van der Waals surface area contributed by atoms with Gasteiger partial charge in [-0.2, -0.15) is 0 Å². The van der Waals surface area contributed by atoms with Crippen molar-refractivity contribution < 1.29 is 18.7 Å². The van der Waals surface area contributed by atoms with E-state index in [2.05, 4.69) is 12.7 Å². The van der Waals surface area contributed by atoms with E-state index in [1.165, 1.54) is 32.1 Å². The molecular weight excluding hydrogens is 226 g/mol. The highest BCUT2D eigenvalue weighted by Crippen LogP contribution is 2.08. The van der Waals surface area contributed by atoms with Gasteiger partial charge in [0, 0.05) is 5.75 Å². The molecule has 4 nitrogen and oxygen atoms in total. The van der Waals surface area contributed by atoms with Crippen molar-refractivity contribution in [2.75, 3.05) is 12.8 Å². The van der Waals surface area contributed by atoms with Gasteiger partial charge in [-0.3, -0.25) is 0 Å². The first-order valence-electron chi connectivity index (χ1n) is 6.20. The van der Waals surface area contributed by atoms with Crippen LogP contribution in [0.15, 0.2) is 0 Å². The Morgan fingerprint density at radius 2 is 1.25 bits per heavy atom. The van der Waals surface area contributed by atoms with Crippen LogP contribution in [0.4, 0.5) is 0 Å². The van der Waals surface area contributed by atoms with E-state index in [4.69, 9.17) is 0 Å². The molecule has 100 valence electrons. The predicted molar refractivity (Wildman–Crippen MR) is 66.0 cm³/mol. The summed E-state index contributed by atoms with van der Waals surface area (Å²) in [5.74, 6) is -0.193. The lowest BCUT2D eigenvalue weighted by Crippen LogP contribution is -2.40. The van der Waals surface area contributed by atoms with E-state index in [0.29, 0.717) is 6.42 Å². The lowest BCUT2D eigenvalue weighted by Gasteiger charge is -2.05. The quantitative estimate of drug-likeness (QED) is 0.499. The number of quaternary nitrogens is 1. The van der Waals surface area contributed by atoms with E-state index in [1.54, 1.807) is 7.05 Å². The molecule has 0 saturated carbocycles. The largest absolute Gasteiger partial charge is 0.748 e. The molecule has 0 amide bonds. The summed E-state index contributed by atoms with van der Waals surface area (Å²) in [5, 5.41) is 0. The maximum Gasteiger partial charge on any atom is 0.0945 e. The fourth-order valence-electron chi connectivity index (χ4n) is 1.41. The molecule has 0 saturated heterocycles. The van der Waals surface area contributed by atoms with E-state index in [-0.39, 0.29) is 5.75 Å². The third-order valence-corrected chi connectivity index (χ3v) is 3.04. The molecule has 0 aliphatic carbocycles. The van der Waals surface area contributed by atoms with Crippen LogP contribution >= 0.6 is 0 Å². The third kappa shape index (κ3) is 19.4. The summed E-state index contributed by atoms with van der Waals surface area (Å²) >= 11 is 0. The van der Waals surface area contributed by atoms with Crippen LogP contribution in [-0.4, -0.2) is 25.8 Å². The normalized spacial score (nSPS) is 10.8. The van der Waals surface area contributed by atoms with Gasteiger partial charge in [0.1, 0.15) is 0 Å². The van der Waals surface area contributed by atoms with Crippen LogP contribution in [0, 0.1) is 0 Å². The zero-order valence-electron chi connectivity index (χ0n) is 10.7. The molecule has 16 heavy (non-hydrogen) atoms. The number of hydrogen-bond acceptors (Lipinski definition) is 3. The Labute approximate surface area is 100 Å². The summed E-state index contributed by atoms with van der Waals surface area (Å²) in [6, 6.07) is 0. The molecule has 0 unspecified atom stereocenters. The van der Waals surface area contributed by atoms with E-state index in [1.807, 2.05) is 0 Å². The summed E-state index contributed by atoms with van der Waals surface area (Å²) in [6.45, 7) is 2.18. The molecule has 0 heterocycles. The van der Waals surface area contributed by atoms with Gasteiger partial charge in [0.25, 0.3) is 0 Å². The molecule has 0 fully saturated rings. The summed E-state index contributed by atoms with van der Waals surface area (Å²) in [5.41, 5.74) is 3.25. The lowest BCUT2D eigenvalue weighted by atomic mass is 10.1. The van der Waals surface area contributed by atoms with Gasteiger partial charge in [-0.15, -0.1) is 0 Å². The molecule has 3 N–H and O–H groups in total. The van der Waals surface area contributed by atoms with Crippen molar-refractivity contribution in [2.24, 2.45) is 0 Å². The molecule has 0 rings (SSSR count). The van der Waals surface area contributed by atoms with E-state index in [9.17, 15) is 13.0 Å². The maximum atomic E-state index is 10.2. The molecule has 0 aromatic carbocycles. The topological polar surface area (TPSA) is 84.8 Å². The van der Waals surface area contributed by atoms with Gasteiger partial charge in [0.15, 0.2) is 0 Å². The first-order valence-corrected chi connectivity index (χ1v) is 7.78. The standard InChI is InChI=1S/C10H22O3S.CH5N/c1-2-3-4-5-6-7-8-9-10-14(11,12)13;1-2/h2-10H2,1H3,(H,11,12,13);2H2,1H3. The van der Waals surface area contributed by atoms with Crippen molar-refractivity contribution in [3.8, 4) is 0 Å². The summed E-state index contributed by atoms with van der Waals surface area (Å²) in [6.07, 6.45) is 8.66. The Bertz CT molecular complexity index is 215. The molecule has 0 aliphatic rings. The molecule has 5 heteroatoms. The van der Waals surface area contributed by atoms with Crippen LogP contribution in [-0.2, 0) is 10.1 Å². The first-order chi connectivity index (χ1) is 7.56. The Morgan fingerprint density at radius 3 is 1.62 bits per heavy atom. The molecule has 0 aliphatic heterocycles. The third-order valence-electron chi connectivity index (χ3n) is 2.25. The molecule has 0 spiro atoms. The lowest BCUT2D eigenvalue weighted by molar-refractivity contribution is -0.325. The molecular formula is C11H27NO3S. The van der Waals surface area contributed by atoms with E-state index >= 15 is 0 Å². The molecule has 0 radical (unpaired) electrons. The van der Waals surface area contributed by atoms with Gasteiger partial charge in [0.2, 0.25) is 0 Å². The second-order valence-electron chi connectivity index (χ2n) is 3.74. The van der Waals surface area contributed by atoms with Crippen molar-refractivity contribution in [3.63, 3.8) is 0 Å². The molecule has 0 bridgehead atoms. The van der Waals surface area contributed by atoms with Crippen molar-refractivity contribution in [3.05, 3.63) is 0 Å². The fourth-order valence-corrected chi connectivity index (χ4v) is 1.97. The van der Waals surface area contributed by atoms with Crippen LogP contribution in [0.2, 0.25) is 0 Å². The summed E-state index contributed by atoms with van der Waals surface area (Å²) < 4.78 is 30.7. The first kappa shape index (κ1) is 18.2. The number of rotatable bonds is 9. The van der Waals surface area contributed by atoms with E-state index in [0.717, 1.165) is 12.8 Å². The van der Waals surface area contributed by atoms with Crippen molar-refractivity contribution in [1.29, 1.82) is 0 Å². The summed E-state index contributed by atoms with van der Waals surface area (Å²) in [4.78, 5) is 0. The monoisotopic (exact) mass is 253 g/mol. The van der Waals surface area contributed by atoms with Crippen molar-refractivity contribution in [2.45, 2.75) is 58.3 Å². The van der Waals surface area contributed by atoms with Gasteiger partial charge in [-0.05, 0) is 6.42 Å². The van der Waals surface area contributed by atoms with Gasteiger partial charge in [-0.25, -0.2) is 8.42 Å². The highest BCUT2D eigenvalue weighted by molar-refractivity contribution is 7.85. The Balaban J connectivity index is 0. The zero-order chi connectivity index (χ0) is 12.9. The Hall–Kier alpha value is -0.130. The second kappa shape index (κ2) is 12.9. The van der Waals surface area contributed by atoms with Crippen LogP contribution in [0.5, 0.6) is 0 Å². The Morgan fingerprint density at radius 1 is 0.875 bits per heavy atom. The smallest absolute Gasteiger partial charge is 0.0945 e. The minimum atomic E-state index is -3.98. The number of hydrogen-bond donors (Lipinski definition) is 1. The minimum Gasteiger partial charge on any atom is -0.748 e. The predicted octanol–water partition coefficient (Wildman–Crippen LogP) is 1.53. The van der Waals surface area contributed by atoms with Gasteiger partial charge in [-0.1, -0.05) is 51.9 Å². The zero-order valence-corrected chi connectivity index (χ0v) is 11.5. The molecule has 0 aromatic rings. The van der Waals surface area contributed by atoms with Crippen LogP contribution in [0.1, 0.15) is 58.3 Å². The van der Waals surface area contributed by atoms with Crippen LogP contribution in [0.25, 0.3) is 0 Å². The highest BCUT2D eigenvalue weighted by atomic mass is 32.2. The van der Waals surface area contributed by atoms with Gasteiger partial charge >= 0.3 is 0 Å². The summed E-state index contributed by atoms with van der Waals surface area (Å²) in [7, 11) is -2.23.